The maximum atomic E-state index is 11.2. The third-order valence-electron chi connectivity index (χ3n) is 2.14. The maximum absolute atomic E-state index is 11.2. The van der Waals surface area contributed by atoms with Crippen LogP contribution >= 0.6 is 0 Å². The van der Waals surface area contributed by atoms with Crippen molar-refractivity contribution in [1.29, 1.82) is 0 Å². The second-order valence-electron chi connectivity index (χ2n) is 3.68. The molecule has 1 unspecified atom stereocenters. The van der Waals surface area contributed by atoms with Gasteiger partial charge in [-0.15, -0.1) is 0 Å². The molecule has 0 aliphatic heterocycles. The van der Waals surface area contributed by atoms with Crippen molar-refractivity contribution in [3.63, 3.8) is 0 Å². The fourth-order valence-electron chi connectivity index (χ4n) is 1.04. The van der Waals surface area contributed by atoms with E-state index < -0.39 is 0 Å². The van der Waals surface area contributed by atoms with Crippen molar-refractivity contribution in [2.24, 2.45) is 5.73 Å². The minimum absolute atomic E-state index is 0.152. The van der Waals surface area contributed by atoms with E-state index in [0.717, 1.165) is 19.4 Å². The van der Waals surface area contributed by atoms with E-state index in [9.17, 15) is 4.79 Å². The molecule has 4 heteroatoms. The van der Waals surface area contributed by atoms with Crippen molar-refractivity contribution >= 4 is 5.91 Å². The Hall–Kier alpha value is -0.610. The van der Waals surface area contributed by atoms with Crippen LogP contribution in [0, 0.1) is 0 Å². The quantitative estimate of drug-likeness (QED) is 0.527. The molecule has 0 aromatic rings. The summed E-state index contributed by atoms with van der Waals surface area (Å²) >= 11 is 0. The zero-order valence-corrected chi connectivity index (χ0v) is 8.18. The summed E-state index contributed by atoms with van der Waals surface area (Å²) in [5, 5.41) is 6.11. The number of carbonyl (C=O) groups excluding carboxylic acids is 1. The van der Waals surface area contributed by atoms with E-state index in [1.165, 1.54) is 0 Å². The molecule has 4 N–H and O–H groups in total. The summed E-state index contributed by atoms with van der Waals surface area (Å²) in [6.07, 6.45) is 2.86. The Morgan fingerprint density at radius 2 is 2.31 bits per heavy atom. The highest BCUT2D eigenvalue weighted by molar-refractivity contribution is 5.76. The molecular weight excluding hydrogens is 166 g/mol. The smallest absolute Gasteiger partial charge is 0.221 e. The van der Waals surface area contributed by atoms with Gasteiger partial charge >= 0.3 is 0 Å². The van der Waals surface area contributed by atoms with Crippen LogP contribution in [0.3, 0.4) is 0 Å². The van der Waals surface area contributed by atoms with Gasteiger partial charge < -0.3 is 16.4 Å². The highest BCUT2D eigenvalue weighted by atomic mass is 16.1. The summed E-state index contributed by atoms with van der Waals surface area (Å²) in [6, 6.07) is 0.771. The molecule has 13 heavy (non-hydrogen) atoms. The first-order valence-electron chi connectivity index (χ1n) is 4.95. The van der Waals surface area contributed by atoms with Crippen molar-refractivity contribution in [2.45, 2.75) is 38.3 Å². The molecule has 1 atom stereocenters. The van der Waals surface area contributed by atoms with Gasteiger partial charge in [-0.25, -0.2) is 0 Å². The Labute approximate surface area is 79.3 Å². The van der Waals surface area contributed by atoms with Crippen LogP contribution in [0.2, 0.25) is 0 Å². The first-order chi connectivity index (χ1) is 6.22. The van der Waals surface area contributed by atoms with Gasteiger partial charge in [-0.05, 0) is 19.8 Å². The molecule has 1 amide bonds. The Morgan fingerprint density at radius 3 is 2.85 bits per heavy atom. The van der Waals surface area contributed by atoms with Gasteiger partial charge in [0.1, 0.15) is 0 Å². The average Bonchev–Trinajstić information content (AvgIpc) is 2.88. The summed E-state index contributed by atoms with van der Waals surface area (Å²) < 4.78 is 0. The predicted molar refractivity (Wildman–Crippen MR) is 52.3 cm³/mol. The Bertz CT molecular complexity index is 168. The lowest BCUT2D eigenvalue weighted by atomic mass is 10.3. The SMILES string of the molecule is CC(CN)NCCC(=O)NC1CC1. The standard InChI is InChI=1S/C9H19N3O/c1-7(6-10)11-5-4-9(13)12-8-2-3-8/h7-8,11H,2-6,10H2,1H3,(H,12,13). The second-order valence-corrected chi connectivity index (χ2v) is 3.68. The number of rotatable bonds is 6. The van der Waals surface area contributed by atoms with Gasteiger partial charge in [0, 0.05) is 31.6 Å². The second kappa shape index (κ2) is 5.19. The molecule has 1 fully saturated rings. The van der Waals surface area contributed by atoms with Crippen molar-refractivity contribution in [3.05, 3.63) is 0 Å². The normalized spacial score (nSPS) is 18.3. The van der Waals surface area contributed by atoms with E-state index >= 15 is 0 Å². The highest BCUT2D eigenvalue weighted by Gasteiger charge is 2.22. The summed E-state index contributed by atoms with van der Waals surface area (Å²) in [7, 11) is 0. The van der Waals surface area contributed by atoms with Crippen molar-refractivity contribution in [3.8, 4) is 0 Å². The van der Waals surface area contributed by atoms with Gasteiger partial charge in [0.2, 0.25) is 5.91 Å². The van der Waals surface area contributed by atoms with E-state index in [1.54, 1.807) is 0 Å². The van der Waals surface area contributed by atoms with Gasteiger partial charge in [-0.3, -0.25) is 4.79 Å². The first kappa shape index (κ1) is 10.5. The van der Waals surface area contributed by atoms with Crippen molar-refractivity contribution < 1.29 is 4.79 Å². The lowest BCUT2D eigenvalue weighted by Crippen LogP contribution is -2.36. The van der Waals surface area contributed by atoms with Crippen molar-refractivity contribution in [1.82, 2.24) is 10.6 Å². The predicted octanol–water partition coefficient (Wildman–Crippen LogP) is -0.408. The Balaban J connectivity index is 1.94. The Morgan fingerprint density at radius 1 is 1.62 bits per heavy atom. The van der Waals surface area contributed by atoms with Crippen LogP contribution in [0.5, 0.6) is 0 Å². The topological polar surface area (TPSA) is 67.1 Å². The number of nitrogens with two attached hydrogens (primary N) is 1. The average molecular weight is 185 g/mol. The van der Waals surface area contributed by atoms with E-state index in [4.69, 9.17) is 5.73 Å². The van der Waals surface area contributed by atoms with E-state index in [1.807, 2.05) is 6.92 Å². The summed E-state index contributed by atoms with van der Waals surface area (Å²) in [5.41, 5.74) is 5.42. The fraction of sp³-hybridized carbons (Fsp3) is 0.889. The van der Waals surface area contributed by atoms with Gasteiger partial charge in [0.05, 0.1) is 0 Å². The number of carbonyl (C=O) groups is 1. The van der Waals surface area contributed by atoms with Crippen molar-refractivity contribution in [2.75, 3.05) is 13.1 Å². The third-order valence-corrected chi connectivity index (χ3v) is 2.14. The number of amides is 1. The van der Waals surface area contributed by atoms with Gasteiger partial charge in [-0.1, -0.05) is 0 Å². The fourth-order valence-corrected chi connectivity index (χ4v) is 1.04. The van der Waals surface area contributed by atoms with Gasteiger partial charge in [-0.2, -0.15) is 0 Å². The van der Waals surface area contributed by atoms with Gasteiger partial charge in [0.15, 0.2) is 0 Å². The molecule has 1 aliphatic rings. The van der Waals surface area contributed by atoms with Crippen LogP contribution in [-0.4, -0.2) is 31.1 Å². The largest absolute Gasteiger partial charge is 0.353 e. The molecule has 0 heterocycles. The van der Waals surface area contributed by atoms with Crippen LogP contribution in [0.1, 0.15) is 26.2 Å². The molecule has 0 aromatic heterocycles. The lowest BCUT2D eigenvalue weighted by Gasteiger charge is -2.10. The van der Waals surface area contributed by atoms with Crippen LogP contribution in [0.25, 0.3) is 0 Å². The first-order valence-corrected chi connectivity index (χ1v) is 4.95. The van der Waals surface area contributed by atoms with Crippen LogP contribution in [0.15, 0.2) is 0 Å². The molecule has 0 aromatic carbocycles. The lowest BCUT2D eigenvalue weighted by molar-refractivity contribution is -0.121. The molecule has 0 bridgehead atoms. The van der Waals surface area contributed by atoms with Crippen LogP contribution in [0.4, 0.5) is 0 Å². The zero-order valence-electron chi connectivity index (χ0n) is 8.18. The van der Waals surface area contributed by atoms with E-state index in [2.05, 4.69) is 10.6 Å². The van der Waals surface area contributed by atoms with E-state index in [0.29, 0.717) is 25.0 Å². The molecular formula is C9H19N3O. The summed E-state index contributed by atoms with van der Waals surface area (Å²) in [4.78, 5) is 11.2. The zero-order chi connectivity index (χ0) is 9.68. The highest BCUT2D eigenvalue weighted by Crippen LogP contribution is 2.18. The minimum Gasteiger partial charge on any atom is -0.353 e. The summed E-state index contributed by atoms with van der Waals surface area (Å²) in [5.74, 6) is 0.152. The molecule has 0 spiro atoms. The number of hydrogen-bond acceptors (Lipinski definition) is 3. The van der Waals surface area contributed by atoms with Crippen LogP contribution < -0.4 is 16.4 Å². The molecule has 4 nitrogen and oxygen atoms in total. The van der Waals surface area contributed by atoms with E-state index in [-0.39, 0.29) is 5.91 Å². The monoisotopic (exact) mass is 185 g/mol. The molecule has 1 aliphatic carbocycles. The number of hydrogen-bond donors (Lipinski definition) is 3. The summed E-state index contributed by atoms with van der Waals surface area (Å²) in [6.45, 7) is 3.35. The maximum Gasteiger partial charge on any atom is 0.221 e. The molecule has 0 radical (unpaired) electrons. The van der Waals surface area contributed by atoms with Crippen LogP contribution in [-0.2, 0) is 4.79 Å². The molecule has 1 rings (SSSR count). The molecule has 76 valence electrons. The third kappa shape index (κ3) is 4.85. The number of nitrogens with one attached hydrogen (secondary N) is 2. The minimum atomic E-state index is 0.152. The Kier molecular flexibility index (Phi) is 4.18. The molecule has 1 saturated carbocycles. The van der Waals surface area contributed by atoms with Gasteiger partial charge in [0.25, 0.3) is 0 Å². The molecule has 0 saturated heterocycles.